The SMILES string of the molecule is CCN(Cc1ccc(Cl)cc1)C(=O)C1(n2cccn2)CCNCC1. The molecule has 0 radical (unpaired) electrons. The van der Waals surface area contributed by atoms with Crippen LogP contribution in [0, 0.1) is 0 Å². The first-order valence-electron chi connectivity index (χ1n) is 8.40. The standard InChI is InChI=1S/C18H23ClN4O/c1-2-22(14-15-4-6-16(19)7-5-15)17(24)18(8-11-20-12-9-18)23-13-3-10-21-23/h3-7,10,13,20H,2,8-9,11-12,14H2,1H3. The molecule has 128 valence electrons. The van der Waals surface area contributed by atoms with E-state index >= 15 is 0 Å². The van der Waals surface area contributed by atoms with Crippen LogP contribution in [0.4, 0.5) is 0 Å². The van der Waals surface area contributed by atoms with Gasteiger partial charge in [0.15, 0.2) is 0 Å². The van der Waals surface area contributed by atoms with Gasteiger partial charge >= 0.3 is 0 Å². The van der Waals surface area contributed by atoms with Gasteiger partial charge in [-0.2, -0.15) is 5.10 Å². The first-order chi connectivity index (χ1) is 11.7. The second-order valence-electron chi connectivity index (χ2n) is 6.18. The van der Waals surface area contributed by atoms with Gasteiger partial charge in [-0.05, 0) is 56.6 Å². The van der Waals surface area contributed by atoms with Crippen molar-refractivity contribution in [2.75, 3.05) is 19.6 Å². The van der Waals surface area contributed by atoms with Gasteiger partial charge in [-0.15, -0.1) is 0 Å². The van der Waals surface area contributed by atoms with Crippen LogP contribution in [0.1, 0.15) is 25.3 Å². The van der Waals surface area contributed by atoms with E-state index in [1.54, 1.807) is 6.20 Å². The Bertz CT molecular complexity index is 663. The molecule has 3 rings (SSSR count). The zero-order valence-corrected chi connectivity index (χ0v) is 14.7. The number of hydrogen-bond acceptors (Lipinski definition) is 3. The van der Waals surface area contributed by atoms with Crippen LogP contribution < -0.4 is 5.32 Å². The molecule has 1 aromatic carbocycles. The van der Waals surface area contributed by atoms with Crippen molar-refractivity contribution >= 4 is 17.5 Å². The molecule has 2 heterocycles. The second kappa shape index (κ2) is 7.36. The average molecular weight is 347 g/mol. The van der Waals surface area contributed by atoms with Gasteiger partial charge < -0.3 is 10.2 Å². The van der Waals surface area contributed by atoms with Gasteiger partial charge in [-0.3, -0.25) is 9.48 Å². The van der Waals surface area contributed by atoms with E-state index in [1.165, 1.54) is 0 Å². The lowest BCUT2D eigenvalue weighted by molar-refractivity contribution is -0.143. The summed E-state index contributed by atoms with van der Waals surface area (Å²) < 4.78 is 1.85. The van der Waals surface area contributed by atoms with E-state index in [2.05, 4.69) is 10.4 Å². The lowest BCUT2D eigenvalue weighted by Gasteiger charge is -2.40. The molecule has 0 spiro atoms. The molecule has 1 saturated heterocycles. The van der Waals surface area contributed by atoms with Gasteiger partial charge in [0.05, 0.1) is 0 Å². The maximum atomic E-state index is 13.4. The van der Waals surface area contributed by atoms with Gasteiger partial charge in [0.2, 0.25) is 0 Å². The van der Waals surface area contributed by atoms with Gasteiger partial charge in [-0.25, -0.2) is 0 Å². The molecule has 0 aliphatic carbocycles. The number of piperidine rings is 1. The quantitative estimate of drug-likeness (QED) is 0.905. The molecule has 1 N–H and O–H groups in total. The molecule has 1 aliphatic rings. The Balaban J connectivity index is 1.86. The van der Waals surface area contributed by atoms with E-state index in [0.717, 1.165) is 31.5 Å². The van der Waals surface area contributed by atoms with Crippen molar-refractivity contribution < 1.29 is 4.79 Å². The third-order valence-electron chi connectivity index (χ3n) is 4.73. The fourth-order valence-corrected chi connectivity index (χ4v) is 3.46. The maximum absolute atomic E-state index is 13.4. The monoisotopic (exact) mass is 346 g/mol. The summed E-state index contributed by atoms with van der Waals surface area (Å²) in [6.45, 7) is 4.92. The second-order valence-corrected chi connectivity index (χ2v) is 6.61. The summed E-state index contributed by atoms with van der Waals surface area (Å²) in [4.78, 5) is 15.3. The highest BCUT2D eigenvalue weighted by Gasteiger charge is 2.44. The number of likely N-dealkylation sites (N-methyl/N-ethyl adjacent to an activating group) is 1. The van der Waals surface area contributed by atoms with Crippen molar-refractivity contribution in [3.63, 3.8) is 0 Å². The zero-order chi connectivity index (χ0) is 17.0. The minimum atomic E-state index is -0.586. The molecule has 1 aromatic heterocycles. The maximum Gasteiger partial charge on any atom is 0.250 e. The Morgan fingerprint density at radius 3 is 2.62 bits per heavy atom. The number of halogens is 1. The average Bonchev–Trinajstić information content (AvgIpc) is 3.16. The molecule has 1 amide bonds. The van der Waals surface area contributed by atoms with E-state index in [4.69, 9.17) is 11.6 Å². The van der Waals surface area contributed by atoms with Gasteiger partial charge in [-0.1, -0.05) is 23.7 Å². The first-order valence-corrected chi connectivity index (χ1v) is 8.78. The molecule has 0 saturated carbocycles. The number of carbonyl (C=O) groups is 1. The molecule has 24 heavy (non-hydrogen) atoms. The number of nitrogens with one attached hydrogen (secondary N) is 1. The zero-order valence-electron chi connectivity index (χ0n) is 13.9. The van der Waals surface area contributed by atoms with E-state index in [9.17, 15) is 4.79 Å². The highest BCUT2D eigenvalue weighted by molar-refractivity contribution is 6.30. The van der Waals surface area contributed by atoms with Crippen LogP contribution in [-0.4, -0.2) is 40.2 Å². The highest BCUT2D eigenvalue weighted by Crippen LogP contribution is 2.30. The third-order valence-corrected chi connectivity index (χ3v) is 4.98. The number of aromatic nitrogens is 2. The summed E-state index contributed by atoms with van der Waals surface area (Å²) in [7, 11) is 0. The summed E-state index contributed by atoms with van der Waals surface area (Å²) in [6, 6.07) is 9.56. The predicted octanol–water partition coefficient (Wildman–Crippen LogP) is 2.66. The first kappa shape index (κ1) is 17.0. The lowest BCUT2D eigenvalue weighted by Crippen LogP contribution is -2.55. The van der Waals surface area contributed by atoms with Gasteiger partial charge in [0.25, 0.3) is 5.91 Å². The molecule has 0 atom stereocenters. The van der Waals surface area contributed by atoms with Gasteiger partial charge in [0, 0.05) is 30.5 Å². The van der Waals surface area contributed by atoms with Gasteiger partial charge in [0.1, 0.15) is 5.54 Å². The minimum absolute atomic E-state index is 0.144. The van der Waals surface area contributed by atoms with Crippen molar-refractivity contribution in [3.05, 3.63) is 53.3 Å². The van der Waals surface area contributed by atoms with Crippen molar-refractivity contribution in [2.24, 2.45) is 0 Å². The molecule has 1 fully saturated rings. The number of hydrogen-bond donors (Lipinski definition) is 1. The van der Waals surface area contributed by atoms with Crippen LogP contribution in [0.25, 0.3) is 0 Å². The number of amides is 1. The van der Waals surface area contributed by atoms with E-state index in [1.807, 2.05) is 53.0 Å². The van der Waals surface area contributed by atoms with Crippen LogP contribution in [0.2, 0.25) is 5.02 Å². The number of nitrogens with zero attached hydrogens (tertiary/aromatic N) is 3. The number of benzene rings is 1. The Kier molecular flexibility index (Phi) is 5.21. The van der Waals surface area contributed by atoms with Crippen molar-refractivity contribution in [1.82, 2.24) is 20.0 Å². The van der Waals surface area contributed by atoms with Crippen molar-refractivity contribution in [3.8, 4) is 0 Å². The summed E-state index contributed by atoms with van der Waals surface area (Å²) >= 11 is 5.96. The molecular formula is C18H23ClN4O. The van der Waals surface area contributed by atoms with Crippen molar-refractivity contribution in [2.45, 2.75) is 31.8 Å². The summed E-state index contributed by atoms with van der Waals surface area (Å²) in [6.07, 6.45) is 5.15. The predicted molar refractivity (Wildman–Crippen MR) is 94.8 cm³/mol. The largest absolute Gasteiger partial charge is 0.337 e. The topological polar surface area (TPSA) is 50.2 Å². The van der Waals surface area contributed by atoms with Crippen LogP contribution in [0.5, 0.6) is 0 Å². The Hall–Kier alpha value is -1.85. The Labute approximate surface area is 147 Å². The lowest BCUT2D eigenvalue weighted by atomic mass is 9.86. The van der Waals surface area contributed by atoms with E-state index in [-0.39, 0.29) is 5.91 Å². The van der Waals surface area contributed by atoms with Crippen molar-refractivity contribution in [1.29, 1.82) is 0 Å². The van der Waals surface area contributed by atoms with Crippen LogP contribution in [-0.2, 0) is 16.9 Å². The van der Waals surface area contributed by atoms with Crippen LogP contribution >= 0.6 is 11.6 Å². The number of carbonyl (C=O) groups excluding carboxylic acids is 1. The molecule has 2 aromatic rings. The number of rotatable bonds is 5. The fraction of sp³-hybridized carbons (Fsp3) is 0.444. The molecule has 1 aliphatic heterocycles. The molecule has 6 heteroatoms. The summed E-state index contributed by atoms with van der Waals surface area (Å²) in [5, 5.41) is 8.44. The van der Waals surface area contributed by atoms with E-state index < -0.39 is 5.54 Å². The summed E-state index contributed by atoms with van der Waals surface area (Å²) in [5.74, 6) is 0.144. The summed E-state index contributed by atoms with van der Waals surface area (Å²) in [5.41, 5.74) is 0.496. The molecule has 0 bridgehead atoms. The fourth-order valence-electron chi connectivity index (χ4n) is 3.34. The Morgan fingerprint density at radius 1 is 1.33 bits per heavy atom. The Morgan fingerprint density at radius 2 is 2.04 bits per heavy atom. The van der Waals surface area contributed by atoms with Crippen LogP contribution in [0.3, 0.4) is 0 Å². The minimum Gasteiger partial charge on any atom is -0.337 e. The normalized spacial score (nSPS) is 16.8. The smallest absolute Gasteiger partial charge is 0.250 e. The molecular weight excluding hydrogens is 324 g/mol. The molecule has 5 nitrogen and oxygen atoms in total. The molecule has 0 unspecified atom stereocenters. The third kappa shape index (κ3) is 3.32. The van der Waals surface area contributed by atoms with E-state index in [0.29, 0.717) is 18.1 Å². The highest BCUT2D eigenvalue weighted by atomic mass is 35.5. The van der Waals surface area contributed by atoms with Crippen LogP contribution in [0.15, 0.2) is 42.7 Å².